The van der Waals surface area contributed by atoms with E-state index in [4.69, 9.17) is 25.8 Å². The molecule has 0 aliphatic heterocycles. The lowest BCUT2D eigenvalue weighted by molar-refractivity contribution is -0.126. The van der Waals surface area contributed by atoms with Crippen molar-refractivity contribution in [2.24, 2.45) is 4.99 Å². The van der Waals surface area contributed by atoms with E-state index >= 15 is 0 Å². The van der Waals surface area contributed by atoms with Gasteiger partial charge in [-0.2, -0.15) is 0 Å². The highest BCUT2D eigenvalue weighted by Gasteiger charge is 2.20. The highest BCUT2D eigenvalue weighted by molar-refractivity contribution is 6.28. The van der Waals surface area contributed by atoms with Gasteiger partial charge in [0.2, 0.25) is 11.9 Å². The molecule has 4 N–H and O–H groups in total. The number of carbonyl (C=O) groups excluding carboxylic acids is 5. The lowest BCUT2D eigenvalue weighted by Gasteiger charge is -2.17. The van der Waals surface area contributed by atoms with E-state index in [-0.39, 0.29) is 75.7 Å². The average molecular weight is 756 g/mol. The van der Waals surface area contributed by atoms with Gasteiger partial charge in [-0.15, -0.1) is 11.6 Å². The normalized spacial score (nSPS) is 10.9. The van der Waals surface area contributed by atoms with Gasteiger partial charge in [0.05, 0.1) is 18.3 Å². The Morgan fingerprint density at radius 3 is 1.54 bits per heavy atom. The molecule has 4 aromatic carbocycles. The molecule has 0 aliphatic carbocycles. The fraction of sp³-hybridized carbons (Fsp3) is 0.250. The maximum absolute atomic E-state index is 12.9. The Morgan fingerprint density at radius 2 is 1.06 bits per heavy atom. The number of ether oxygens (including phenoxy) is 3. The third kappa shape index (κ3) is 15.6. The van der Waals surface area contributed by atoms with E-state index in [0.29, 0.717) is 5.56 Å². The van der Waals surface area contributed by atoms with E-state index in [9.17, 15) is 24.0 Å². The predicted octanol–water partition coefficient (Wildman–Crippen LogP) is 5.94. The molecule has 0 aliphatic rings. The number of aliphatic imine (C=N–C) groups is 1. The molecule has 54 heavy (non-hydrogen) atoms. The quantitative estimate of drug-likeness (QED) is 0.0337. The van der Waals surface area contributed by atoms with Crippen LogP contribution >= 0.6 is 11.6 Å². The first kappa shape index (κ1) is 40.6. The molecule has 4 amide bonds. The van der Waals surface area contributed by atoms with Gasteiger partial charge in [0.15, 0.2) is 5.78 Å². The van der Waals surface area contributed by atoms with Crippen LogP contribution in [0.5, 0.6) is 0 Å². The van der Waals surface area contributed by atoms with E-state index < -0.39 is 24.3 Å². The number of alkyl halides is 1. The third-order valence-electron chi connectivity index (χ3n) is 7.68. The van der Waals surface area contributed by atoms with Gasteiger partial charge in [-0.3, -0.25) is 25.2 Å². The summed E-state index contributed by atoms with van der Waals surface area (Å²) in [5.74, 6) is -1.28. The standard InChI is InChI=1S/C40H42ClN5O8/c41-24-35(47)34(44-36(48)23-29-18-20-30(21-19-29)25-43-38(49)52-26-31-11-4-1-5-12-31)17-10-22-42-37(45-39(50)53-27-32-13-6-2-7-14-32)46-40(51)54-28-33-15-8-3-9-16-33/h1-9,11-16,18-21,34H,10,17,22-28H2,(H,43,49)(H,44,48)(H2,42,45,46,50,51)/t34-/m0/s1. The monoisotopic (exact) mass is 755 g/mol. The number of Topliss-reactive ketones (excluding diaryl/α,β-unsaturated/α-hetero) is 1. The van der Waals surface area contributed by atoms with Gasteiger partial charge in [-0.1, -0.05) is 115 Å². The van der Waals surface area contributed by atoms with Crippen LogP contribution in [-0.2, 0) is 56.6 Å². The molecular formula is C40H42ClN5O8. The Balaban J connectivity index is 1.25. The number of benzene rings is 4. The molecule has 0 aromatic heterocycles. The number of nitrogens with zero attached hydrogens (tertiary/aromatic N) is 1. The van der Waals surface area contributed by atoms with Gasteiger partial charge in [-0.25, -0.2) is 14.4 Å². The number of hydrogen-bond donors (Lipinski definition) is 4. The molecule has 0 saturated heterocycles. The summed E-state index contributed by atoms with van der Waals surface area (Å²) in [5.41, 5.74) is 3.92. The van der Waals surface area contributed by atoms with E-state index in [1.807, 2.05) is 66.7 Å². The highest BCUT2D eigenvalue weighted by atomic mass is 35.5. The molecular weight excluding hydrogens is 714 g/mol. The lowest BCUT2D eigenvalue weighted by atomic mass is 10.1. The molecule has 0 radical (unpaired) electrons. The van der Waals surface area contributed by atoms with Gasteiger partial charge in [-0.05, 0) is 40.7 Å². The summed E-state index contributed by atoms with van der Waals surface area (Å²) in [6, 6.07) is 33.7. The molecule has 282 valence electrons. The first-order valence-corrected chi connectivity index (χ1v) is 17.7. The number of alkyl carbamates (subject to hydrolysis) is 3. The van der Waals surface area contributed by atoms with E-state index in [1.165, 1.54) is 0 Å². The van der Waals surface area contributed by atoms with Crippen LogP contribution in [0.3, 0.4) is 0 Å². The van der Waals surface area contributed by atoms with Crippen LogP contribution in [-0.4, -0.2) is 54.4 Å². The van der Waals surface area contributed by atoms with Crippen LogP contribution in [0.25, 0.3) is 0 Å². The largest absolute Gasteiger partial charge is 0.445 e. The summed E-state index contributed by atoms with van der Waals surface area (Å²) in [4.78, 5) is 67.0. The number of carbonyl (C=O) groups is 5. The average Bonchev–Trinajstić information content (AvgIpc) is 3.20. The van der Waals surface area contributed by atoms with Crippen molar-refractivity contribution in [3.8, 4) is 0 Å². The Bertz CT molecular complexity index is 1770. The molecule has 0 heterocycles. The fourth-order valence-electron chi connectivity index (χ4n) is 4.87. The maximum Gasteiger partial charge on any atom is 0.414 e. The summed E-state index contributed by atoms with van der Waals surface area (Å²) < 4.78 is 15.7. The number of nitrogens with one attached hydrogen (secondary N) is 4. The van der Waals surface area contributed by atoms with Crippen LogP contribution in [0, 0.1) is 0 Å². The lowest BCUT2D eigenvalue weighted by Crippen LogP contribution is -2.44. The minimum Gasteiger partial charge on any atom is -0.445 e. The van der Waals surface area contributed by atoms with Gasteiger partial charge in [0.25, 0.3) is 0 Å². The van der Waals surface area contributed by atoms with Crippen molar-refractivity contribution in [1.82, 2.24) is 21.3 Å². The zero-order chi connectivity index (χ0) is 38.4. The summed E-state index contributed by atoms with van der Waals surface area (Å²) in [6.45, 7) is 0.450. The van der Waals surface area contributed by atoms with Crippen molar-refractivity contribution in [1.29, 1.82) is 0 Å². The fourth-order valence-corrected chi connectivity index (χ4v) is 5.06. The number of hydrogen-bond acceptors (Lipinski definition) is 9. The zero-order valence-corrected chi connectivity index (χ0v) is 30.3. The molecule has 14 heteroatoms. The Labute approximate surface area is 318 Å². The number of amides is 4. The Morgan fingerprint density at radius 1 is 0.593 bits per heavy atom. The first-order valence-electron chi connectivity index (χ1n) is 17.2. The summed E-state index contributed by atoms with van der Waals surface area (Å²) in [5, 5.41) is 10.3. The van der Waals surface area contributed by atoms with Crippen LogP contribution in [0.15, 0.2) is 120 Å². The molecule has 1 atom stereocenters. The van der Waals surface area contributed by atoms with Crippen molar-refractivity contribution < 1.29 is 38.2 Å². The molecule has 0 saturated carbocycles. The van der Waals surface area contributed by atoms with Gasteiger partial charge in [0, 0.05) is 13.1 Å². The molecule has 4 rings (SSSR count). The minimum atomic E-state index is -0.883. The van der Waals surface area contributed by atoms with Crippen LogP contribution in [0.4, 0.5) is 14.4 Å². The van der Waals surface area contributed by atoms with E-state index in [1.54, 1.807) is 48.5 Å². The van der Waals surface area contributed by atoms with Crippen molar-refractivity contribution in [2.75, 3.05) is 12.4 Å². The van der Waals surface area contributed by atoms with E-state index in [0.717, 1.165) is 22.3 Å². The second-order valence-corrected chi connectivity index (χ2v) is 12.1. The molecule has 0 spiro atoms. The molecule has 4 aromatic rings. The van der Waals surface area contributed by atoms with Crippen LogP contribution in [0.1, 0.15) is 40.7 Å². The Hall–Kier alpha value is -6.21. The zero-order valence-electron chi connectivity index (χ0n) is 29.5. The molecule has 0 bridgehead atoms. The predicted molar refractivity (Wildman–Crippen MR) is 202 cm³/mol. The summed E-state index contributed by atoms with van der Waals surface area (Å²) >= 11 is 5.85. The van der Waals surface area contributed by atoms with Gasteiger partial charge >= 0.3 is 18.3 Å². The van der Waals surface area contributed by atoms with Crippen molar-refractivity contribution in [3.05, 3.63) is 143 Å². The molecule has 13 nitrogen and oxygen atoms in total. The number of rotatable bonds is 17. The highest BCUT2D eigenvalue weighted by Crippen LogP contribution is 2.09. The maximum atomic E-state index is 12.9. The SMILES string of the molecule is O=C(Cc1ccc(CNC(=O)OCc2ccccc2)cc1)N[C@@H](CCCN=C(NC(=O)OCc1ccccc1)NC(=O)OCc1ccccc1)C(=O)CCl. The van der Waals surface area contributed by atoms with Crippen molar-refractivity contribution in [2.45, 2.75) is 51.7 Å². The first-order chi connectivity index (χ1) is 26.3. The number of guanidine groups is 1. The Kier molecular flexibility index (Phi) is 17.0. The van der Waals surface area contributed by atoms with E-state index in [2.05, 4.69) is 26.3 Å². The topological polar surface area (TPSA) is 174 Å². The van der Waals surface area contributed by atoms with Crippen molar-refractivity contribution in [3.63, 3.8) is 0 Å². The van der Waals surface area contributed by atoms with Gasteiger partial charge < -0.3 is 24.8 Å². The number of halogens is 1. The van der Waals surface area contributed by atoms with Gasteiger partial charge in [0.1, 0.15) is 19.8 Å². The van der Waals surface area contributed by atoms with Crippen molar-refractivity contribution >= 4 is 47.5 Å². The number of ketones is 1. The van der Waals surface area contributed by atoms with Crippen LogP contribution in [0.2, 0.25) is 0 Å². The smallest absolute Gasteiger partial charge is 0.414 e. The summed E-state index contributed by atoms with van der Waals surface area (Å²) in [7, 11) is 0. The second-order valence-electron chi connectivity index (χ2n) is 11.9. The molecule has 0 fully saturated rings. The summed E-state index contributed by atoms with van der Waals surface area (Å²) in [6.07, 6.45) is -1.77. The second kappa shape index (κ2) is 22.7. The molecule has 0 unspecified atom stereocenters. The third-order valence-corrected chi connectivity index (χ3v) is 7.94. The van der Waals surface area contributed by atoms with Crippen LogP contribution < -0.4 is 21.3 Å². The minimum absolute atomic E-state index is 0.00518.